The molecule has 1 atom stereocenters. The third-order valence-electron chi connectivity index (χ3n) is 8.52. The largest absolute Gasteiger partial charge is 0.332 e. The molecule has 2 saturated heterocycles. The van der Waals surface area contributed by atoms with Crippen molar-refractivity contribution in [3.63, 3.8) is 0 Å². The summed E-state index contributed by atoms with van der Waals surface area (Å²) in [7, 11) is 0. The van der Waals surface area contributed by atoms with Gasteiger partial charge in [0.1, 0.15) is 11.7 Å². The maximum absolute atomic E-state index is 13.7. The summed E-state index contributed by atoms with van der Waals surface area (Å²) in [4.78, 5) is 18.8. The number of benzene rings is 2. The van der Waals surface area contributed by atoms with Gasteiger partial charge in [-0.2, -0.15) is 0 Å². The summed E-state index contributed by atoms with van der Waals surface area (Å²) < 4.78 is 0. The van der Waals surface area contributed by atoms with E-state index in [0.29, 0.717) is 6.04 Å². The van der Waals surface area contributed by atoms with E-state index in [2.05, 4.69) is 70.6 Å². The molecule has 1 amide bonds. The Hall–Kier alpha value is -2.04. The lowest BCUT2D eigenvalue weighted by atomic mass is 9.83. The fourth-order valence-corrected chi connectivity index (χ4v) is 6.60. The third-order valence-corrected chi connectivity index (χ3v) is 8.52. The first-order valence-corrected chi connectivity index (χ1v) is 13.6. The second-order valence-electron chi connectivity index (χ2n) is 10.8. The van der Waals surface area contributed by atoms with Crippen LogP contribution in [0.4, 0.5) is 5.69 Å². The number of carbonyl (C=O) groups excluding carboxylic acids is 1. The number of nitrogens with zero attached hydrogens (tertiary/aromatic N) is 2. The smallest absolute Gasteiger partial charge is 0.247 e. The van der Waals surface area contributed by atoms with Crippen molar-refractivity contribution in [1.29, 1.82) is 0 Å². The highest BCUT2D eigenvalue weighted by Gasteiger charge is 2.55. The van der Waals surface area contributed by atoms with Gasteiger partial charge in [-0.1, -0.05) is 87.4 Å². The zero-order chi connectivity index (χ0) is 23.4. The van der Waals surface area contributed by atoms with E-state index in [1.807, 2.05) is 6.07 Å². The van der Waals surface area contributed by atoms with Crippen LogP contribution in [-0.2, 0) is 4.79 Å². The van der Waals surface area contributed by atoms with Crippen LogP contribution in [-0.4, -0.2) is 35.5 Å². The summed E-state index contributed by atoms with van der Waals surface area (Å²) >= 11 is 0. The summed E-state index contributed by atoms with van der Waals surface area (Å²) in [5.74, 6) is 0.202. The highest BCUT2D eigenvalue weighted by molar-refractivity contribution is 5.94. The summed E-state index contributed by atoms with van der Waals surface area (Å²) in [6.07, 6.45) is 14.0. The number of carbonyl (C=O) groups is 1. The Kier molecular flexibility index (Phi) is 8.77. The van der Waals surface area contributed by atoms with Crippen LogP contribution in [0.5, 0.6) is 0 Å². The summed E-state index contributed by atoms with van der Waals surface area (Å²) in [6.45, 7) is 4.17. The maximum atomic E-state index is 13.7. The molecular weight excluding hydrogens is 454 g/mol. The fraction of sp³-hybridized carbons (Fsp3) is 0.567. The van der Waals surface area contributed by atoms with E-state index in [1.165, 1.54) is 63.4 Å². The predicted octanol–water partition coefficient (Wildman–Crippen LogP) is 6.78. The lowest BCUT2D eigenvalue weighted by Gasteiger charge is -2.47. The van der Waals surface area contributed by atoms with Crippen LogP contribution in [0, 0.1) is 6.92 Å². The minimum atomic E-state index is -0.471. The molecule has 1 aliphatic carbocycles. The molecule has 2 aliphatic heterocycles. The van der Waals surface area contributed by atoms with Crippen LogP contribution >= 0.6 is 12.4 Å². The van der Waals surface area contributed by atoms with E-state index in [0.717, 1.165) is 37.2 Å². The molecule has 1 unspecified atom stereocenters. The Balaban J connectivity index is 0.00000289. The first kappa shape index (κ1) is 26.0. The van der Waals surface area contributed by atoms with E-state index in [1.54, 1.807) is 0 Å². The Morgan fingerprint density at radius 2 is 1.46 bits per heavy atom. The number of anilines is 1. The van der Waals surface area contributed by atoms with E-state index >= 15 is 0 Å². The molecule has 1 N–H and O–H groups in total. The van der Waals surface area contributed by atoms with E-state index < -0.39 is 5.54 Å². The first-order valence-electron chi connectivity index (χ1n) is 13.6. The molecule has 0 radical (unpaired) electrons. The van der Waals surface area contributed by atoms with E-state index in [-0.39, 0.29) is 24.5 Å². The monoisotopic (exact) mass is 495 g/mol. The molecule has 2 heterocycles. The van der Waals surface area contributed by atoms with E-state index in [4.69, 9.17) is 0 Å². The van der Waals surface area contributed by atoms with Crippen LogP contribution in [0.15, 0.2) is 54.6 Å². The molecule has 4 nitrogen and oxygen atoms in total. The van der Waals surface area contributed by atoms with Crippen LogP contribution in [0.2, 0.25) is 0 Å². The molecule has 1 saturated carbocycles. The number of aryl methyl sites for hydroxylation is 1. The Bertz CT molecular complexity index is 947. The fourth-order valence-electron chi connectivity index (χ4n) is 6.60. The zero-order valence-corrected chi connectivity index (χ0v) is 22.1. The molecule has 1 spiro atoms. The Morgan fingerprint density at radius 3 is 2.09 bits per heavy atom. The molecule has 2 aromatic carbocycles. The first-order chi connectivity index (χ1) is 16.7. The van der Waals surface area contributed by atoms with Crippen molar-refractivity contribution in [3.8, 4) is 0 Å². The number of rotatable bonds is 3. The standard InChI is InChI=1S/C30H41N3O.ClH/c1-24-13-12-18-27(23-24)33-28(25-14-8-7-9-15-25)31-29(34)30(33)19-21-32(22-20-30)26-16-10-5-3-2-4-6-11-17-26;/h7-9,12-15,18,23,26,28H,2-6,10-11,16-17,19-22H2,1H3,(H,31,34);1H. The minimum absolute atomic E-state index is 0. The van der Waals surface area contributed by atoms with Crippen molar-refractivity contribution in [1.82, 2.24) is 10.2 Å². The lowest BCUT2D eigenvalue weighted by molar-refractivity contribution is -0.125. The van der Waals surface area contributed by atoms with Crippen LogP contribution in [0.3, 0.4) is 0 Å². The zero-order valence-electron chi connectivity index (χ0n) is 21.3. The van der Waals surface area contributed by atoms with Gasteiger partial charge in [-0.3, -0.25) is 4.79 Å². The molecule has 2 aromatic rings. The highest BCUT2D eigenvalue weighted by Crippen LogP contribution is 2.44. The number of likely N-dealkylation sites (tertiary alicyclic amines) is 1. The van der Waals surface area contributed by atoms with Gasteiger partial charge >= 0.3 is 0 Å². The average molecular weight is 496 g/mol. The summed E-state index contributed by atoms with van der Waals surface area (Å²) in [5, 5.41) is 3.40. The molecule has 0 bridgehead atoms. The number of piperidine rings is 1. The lowest BCUT2D eigenvalue weighted by Crippen LogP contribution is -2.58. The SMILES string of the molecule is Cc1cccc(N2C(c3ccccc3)NC(=O)C23CCN(C2CCCCCCCCC2)CC3)c1.Cl. The Labute approximate surface area is 217 Å². The summed E-state index contributed by atoms with van der Waals surface area (Å²) in [6, 6.07) is 19.8. The van der Waals surface area contributed by atoms with Crippen molar-refractivity contribution in [3.05, 3.63) is 65.7 Å². The topological polar surface area (TPSA) is 35.6 Å². The maximum Gasteiger partial charge on any atom is 0.247 e. The van der Waals surface area contributed by atoms with Gasteiger partial charge in [0.05, 0.1) is 0 Å². The van der Waals surface area contributed by atoms with Crippen molar-refractivity contribution < 1.29 is 4.79 Å². The van der Waals surface area contributed by atoms with Gasteiger partial charge in [0.15, 0.2) is 0 Å². The summed E-state index contributed by atoms with van der Waals surface area (Å²) in [5.41, 5.74) is 3.07. The molecule has 3 aliphatic rings. The molecule has 5 heteroatoms. The molecule has 5 rings (SSSR count). The molecule has 0 aromatic heterocycles. The quantitative estimate of drug-likeness (QED) is 0.509. The second-order valence-corrected chi connectivity index (χ2v) is 10.8. The number of hydrogen-bond donors (Lipinski definition) is 1. The third kappa shape index (κ3) is 5.54. The molecule has 190 valence electrons. The van der Waals surface area contributed by atoms with Crippen LogP contribution in [0.1, 0.15) is 87.9 Å². The number of halogens is 1. The number of amides is 1. The molecular formula is C30H42ClN3O. The molecule has 3 fully saturated rings. The van der Waals surface area contributed by atoms with Gasteiger partial charge in [0, 0.05) is 24.8 Å². The van der Waals surface area contributed by atoms with Gasteiger partial charge in [0.25, 0.3) is 0 Å². The molecule has 35 heavy (non-hydrogen) atoms. The van der Waals surface area contributed by atoms with Crippen molar-refractivity contribution in [2.24, 2.45) is 0 Å². The van der Waals surface area contributed by atoms with Crippen molar-refractivity contribution >= 4 is 24.0 Å². The van der Waals surface area contributed by atoms with Crippen molar-refractivity contribution in [2.45, 2.75) is 95.3 Å². The van der Waals surface area contributed by atoms with Gasteiger partial charge in [-0.05, 0) is 55.9 Å². The van der Waals surface area contributed by atoms with E-state index in [9.17, 15) is 4.79 Å². The van der Waals surface area contributed by atoms with Gasteiger partial charge < -0.3 is 15.1 Å². The van der Waals surface area contributed by atoms with Crippen molar-refractivity contribution in [2.75, 3.05) is 18.0 Å². The number of hydrogen-bond acceptors (Lipinski definition) is 3. The Morgan fingerprint density at radius 1 is 0.829 bits per heavy atom. The number of nitrogens with one attached hydrogen (secondary N) is 1. The van der Waals surface area contributed by atoms with Gasteiger partial charge in [0.2, 0.25) is 5.91 Å². The average Bonchev–Trinajstić information content (AvgIpc) is 3.15. The van der Waals surface area contributed by atoms with Gasteiger partial charge in [-0.15, -0.1) is 12.4 Å². The van der Waals surface area contributed by atoms with Gasteiger partial charge in [-0.25, -0.2) is 0 Å². The van der Waals surface area contributed by atoms with Crippen LogP contribution < -0.4 is 10.2 Å². The second kappa shape index (κ2) is 11.8. The predicted molar refractivity (Wildman–Crippen MR) is 147 cm³/mol. The van der Waals surface area contributed by atoms with Crippen LogP contribution in [0.25, 0.3) is 0 Å². The highest BCUT2D eigenvalue weighted by atomic mass is 35.5. The normalized spacial score (nSPS) is 24.1. The minimum Gasteiger partial charge on any atom is -0.332 e.